The second-order valence-electron chi connectivity index (χ2n) is 6.49. The molecule has 0 saturated carbocycles. The number of rotatable bonds is 7. The Morgan fingerprint density at radius 2 is 2.20 bits per heavy atom. The molecule has 1 aromatic carbocycles. The van der Waals surface area contributed by atoms with Crippen LogP contribution in [0.15, 0.2) is 36.9 Å². The van der Waals surface area contributed by atoms with Gasteiger partial charge in [0.2, 0.25) is 5.91 Å². The zero-order valence-electron chi connectivity index (χ0n) is 14.6. The second kappa shape index (κ2) is 8.62. The van der Waals surface area contributed by atoms with Crippen molar-refractivity contribution in [3.63, 3.8) is 0 Å². The van der Waals surface area contributed by atoms with Gasteiger partial charge in [-0.05, 0) is 43.0 Å². The minimum atomic E-state index is 0.0669. The number of benzene rings is 1. The van der Waals surface area contributed by atoms with Crippen LogP contribution in [0.5, 0.6) is 5.75 Å². The van der Waals surface area contributed by atoms with E-state index in [1.54, 1.807) is 19.8 Å². The summed E-state index contributed by atoms with van der Waals surface area (Å²) in [6, 6.07) is 7.74. The highest BCUT2D eigenvalue weighted by atomic mass is 16.5. The van der Waals surface area contributed by atoms with Crippen molar-refractivity contribution in [1.82, 2.24) is 25.0 Å². The van der Waals surface area contributed by atoms with E-state index in [9.17, 15) is 4.79 Å². The van der Waals surface area contributed by atoms with Gasteiger partial charge in [0, 0.05) is 19.6 Å². The molecule has 3 rings (SSSR count). The molecule has 2 heterocycles. The first kappa shape index (κ1) is 17.4. The van der Waals surface area contributed by atoms with Crippen molar-refractivity contribution >= 4 is 5.91 Å². The van der Waals surface area contributed by atoms with Crippen molar-refractivity contribution in [1.29, 1.82) is 0 Å². The molecule has 2 aromatic rings. The topological polar surface area (TPSA) is 72.3 Å². The van der Waals surface area contributed by atoms with Gasteiger partial charge in [0.1, 0.15) is 18.4 Å². The van der Waals surface area contributed by atoms with Crippen LogP contribution in [-0.4, -0.2) is 52.3 Å². The minimum absolute atomic E-state index is 0.0669. The highest BCUT2D eigenvalue weighted by molar-refractivity contribution is 5.78. The second-order valence-corrected chi connectivity index (χ2v) is 6.49. The molecule has 0 unspecified atom stereocenters. The Bertz CT molecular complexity index is 657. The third-order valence-electron chi connectivity index (χ3n) is 4.53. The molecule has 0 spiro atoms. The molecule has 7 nitrogen and oxygen atoms in total. The van der Waals surface area contributed by atoms with Crippen LogP contribution in [0, 0.1) is 5.92 Å². The van der Waals surface area contributed by atoms with Crippen LogP contribution in [-0.2, 0) is 17.9 Å². The maximum absolute atomic E-state index is 12.2. The van der Waals surface area contributed by atoms with Crippen molar-refractivity contribution in [3.05, 3.63) is 42.5 Å². The molecule has 1 amide bonds. The third kappa shape index (κ3) is 5.29. The molecule has 0 radical (unpaired) electrons. The molecule has 0 aliphatic carbocycles. The Morgan fingerprint density at radius 1 is 1.36 bits per heavy atom. The molecule has 1 aliphatic rings. The number of nitrogens with zero attached hydrogens (tertiary/aromatic N) is 4. The van der Waals surface area contributed by atoms with E-state index < -0.39 is 0 Å². The molecular formula is C18H25N5O2. The number of ether oxygens (including phenoxy) is 1. The van der Waals surface area contributed by atoms with E-state index in [0.717, 1.165) is 37.4 Å². The lowest BCUT2D eigenvalue weighted by atomic mass is 9.98. The number of hydrogen-bond donors (Lipinski definition) is 1. The Hall–Kier alpha value is -2.41. The number of hydrogen-bond acceptors (Lipinski definition) is 5. The normalized spacial score (nSPS) is 18.0. The van der Waals surface area contributed by atoms with Crippen LogP contribution < -0.4 is 10.1 Å². The number of methoxy groups -OCH3 is 1. The molecule has 1 N–H and O–H groups in total. The largest absolute Gasteiger partial charge is 0.497 e. The minimum Gasteiger partial charge on any atom is -0.497 e. The van der Waals surface area contributed by atoms with Gasteiger partial charge in [-0.15, -0.1) is 0 Å². The first-order valence-corrected chi connectivity index (χ1v) is 8.67. The predicted molar refractivity (Wildman–Crippen MR) is 94.0 cm³/mol. The fourth-order valence-electron chi connectivity index (χ4n) is 3.24. The summed E-state index contributed by atoms with van der Waals surface area (Å²) in [6.45, 7) is 3.76. The van der Waals surface area contributed by atoms with Crippen LogP contribution in [0.2, 0.25) is 0 Å². The first-order valence-electron chi connectivity index (χ1n) is 8.67. The predicted octanol–water partition coefficient (Wildman–Crippen LogP) is 1.32. The fourth-order valence-corrected chi connectivity index (χ4v) is 3.24. The average molecular weight is 343 g/mol. The van der Waals surface area contributed by atoms with Gasteiger partial charge >= 0.3 is 0 Å². The van der Waals surface area contributed by atoms with E-state index >= 15 is 0 Å². The summed E-state index contributed by atoms with van der Waals surface area (Å²) in [5, 5.41) is 7.17. The van der Waals surface area contributed by atoms with Crippen LogP contribution >= 0.6 is 0 Å². The molecule has 25 heavy (non-hydrogen) atoms. The number of likely N-dealkylation sites (tertiary alicyclic amines) is 1. The van der Waals surface area contributed by atoms with E-state index in [2.05, 4.69) is 20.3 Å². The monoisotopic (exact) mass is 343 g/mol. The summed E-state index contributed by atoms with van der Waals surface area (Å²) in [7, 11) is 1.64. The molecule has 7 heteroatoms. The zero-order valence-corrected chi connectivity index (χ0v) is 14.6. The van der Waals surface area contributed by atoms with Gasteiger partial charge in [-0.3, -0.25) is 14.4 Å². The van der Waals surface area contributed by atoms with Crippen LogP contribution in [0.3, 0.4) is 0 Å². The third-order valence-corrected chi connectivity index (χ3v) is 4.53. The van der Waals surface area contributed by atoms with Gasteiger partial charge in [-0.25, -0.2) is 4.98 Å². The van der Waals surface area contributed by atoms with Crippen LogP contribution in [0.4, 0.5) is 0 Å². The lowest BCUT2D eigenvalue weighted by Crippen LogP contribution is -2.43. The summed E-state index contributed by atoms with van der Waals surface area (Å²) in [4.78, 5) is 18.4. The maximum Gasteiger partial charge on any atom is 0.234 e. The van der Waals surface area contributed by atoms with E-state index in [-0.39, 0.29) is 5.91 Å². The van der Waals surface area contributed by atoms with Crippen LogP contribution in [0.1, 0.15) is 18.4 Å². The van der Waals surface area contributed by atoms with Gasteiger partial charge in [0.25, 0.3) is 0 Å². The Kier molecular flexibility index (Phi) is 6.00. The molecule has 1 aliphatic heterocycles. The average Bonchev–Trinajstić information content (AvgIpc) is 3.14. The molecule has 1 aromatic heterocycles. The summed E-state index contributed by atoms with van der Waals surface area (Å²) in [6.07, 6.45) is 5.60. The van der Waals surface area contributed by atoms with Crippen molar-refractivity contribution in [2.45, 2.75) is 25.9 Å². The van der Waals surface area contributed by atoms with Gasteiger partial charge < -0.3 is 10.1 Å². The van der Waals surface area contributed by atoms with Gasteiger partial charge in [0.15, 0.2) is 0 Å². The lowest BCUT2D eigenvalue weighted by Gasteiger charge is -2.32. The van der Waals surface area contributed by atoms with Gasteiger partial charge in [0.05, 0.1) is 13.7 Å². The van der Waals surface area contributed by atoms with Crippen molar-refractivity contribution in [3.8, 4) is 5.75 Å². The number of nitrogens with one attached hydrogen (secondary N) is 1. The summed E-state index contributed by atoms with van der Waals surface area (Å²) >= 11 is 0. The van der Waals surface area contributed by atoms with Gasteiger partial charge in [-0.1, -0.05) is 12.1 Å². The highest BCUT2D eigenvalue weighted by Crippen LogP contribution is 2.17. The fraction of sp³-hybridized carbons (Fsp3) is 0.500. The number of carbonyl (C=O) groups is 1. The Balaban J connectivity index is 1.42. The lowest BCUT2D eigenvalue weighted by molar-refractivity contribution is -0.122. The first-order chi connectivity index (χ1) is 12.2. The Labute approximate surface area is 148 Å². The molecular weight excluding hydrogens is 318 g/mol. The molecule has 1 fully saturated rings. The number of aromatic nitrogens is 3. The zero-order chi connectivity index (χ0) is 17.5. The number of piperidine rings is 1. The Morgan fingerprint density at radius 3 is 2.92 bits per heavy atom. The summed E-state index contributed by atoms with van der Waals surface area (Å²) in [5.74, 6) is 1.41. The number of amides is 1. The van der Waals surface area contributed by atoms with Crippen molar-refractivity contribution < 1.29 is 9.53 Å². The summed E-state index contributed by atoms with van der Waals surface area (Å²) < 4.78 is 7.01. The number of carbonyl (C=O) groups excluding carboxylic acids is 1. The molecule has 1 saturated heterocycles. The smallest absolute Gasteiger partial charge is 0.234 e. The maximum atomic E-state index is 12.2. The van der Waals surface area contributed by atoms with Gasteiger partial charge in [-0.2, -0.15) is 5.10 Å². The van der Waals surface area contributed by atoms with E-state index in [0.29, 0.717) is 19.0 Å². The van der Waals surface area contributed by atoms with Crippen molar-refractivity contribution in [2.75, 3.05) is 26.7 Å². The van der Waals surface area contributed by atoms with E-state index in [1.807, 2.05) is 28.9 Å². The van der Waals surface area contributed by atoms with E-state index in [4.69, 9.17) is 4.74 Å². The quantitative estimate of drug-likeness (QED) is 0.821. The molecule has 134 valence electrons. The standard InChI is InChI=1S/C18H25N5O2/c1-25-17-6-4-15(5-7-17)9-20-18(24)12-22-8-2-3-16(10-22)11-23-14-19-13-21-23/h4-7,13-14,16H,2-3,8-12H2,1H3,(H,20,24)/t16-/m0/s1. The SMILES string of the molecule is COc1ccc(CNC(=O)CN2CCC[C@H](Cn3cncn3)C2)cc1. The molecule has 0 bridgehead atoms. The van der Waals surface area contributed by atoms with Crippen molar-refractivity contribution in [2.24, 2.45) is 5.92 Å². The summed E-state index contributed by atoms with van der Waals surface area (Å²) in [5.41, 5.74) is 1.07. The van der Waals surface area contributed by atoms with E-state index in [1.165, 1.54) is 6.42 Å². The highest BCUT2D eigenvalue weighted by Gasteiger charge is 2.22. The molecule has 1 atom stereocenters. The van der Waals surface area contributed by atoms with Crippen LogP contribution in [0.25, 0.3) is 0 Å².